The number of nitrogens with zero attached hydrogens (tertiary/aromatic N) is 3. The fraction of sp³-hybridized carbons (Fsp3) is 0.289. The van der Waals surface area contributed by atoms with Gasteiger partial charge in [-0.2, -0.15) is 5.26 Å². The summed E-state index contributed by atoms with van der Waals surface area (Å²) in [7, 11) is 0. The van der Waals surface area contributed by atoms with Crippen LogP contribution in [0.2, 0.25) is 22.0 Å². The summed E-state index contributed by atoms with van der Waals surface area (Å²) in [6, 6.07) is 36.2. The summed E-state index contributed by atoms with van der Waals surface area (Å²) in [5, 5.41) is 14.1. The van der Waals surface area contributed by atoms with Crippen LogP contribution in [0.15, 0.2) is 101 Å². The number of para-hydroxylation sites is 3. The summed E-state index contributed by atoms with van der Waals surface area (Å²) in [6.45, 7) is 9.11. The zero-order chi connectivity index (χ0) is 35.7. The van der Waals surface area contributed by atoms with E-state index in [1.165, 1.54) is 38.4 Å². The molecular weight excluding hydrogens is 671 g/mol. The molecule has 0 radical (unpaired) electrons. The van der Waals surface area contributed by atoms with Gasteiger partial charge in [0.05, 0.1) is 28.2 Å². The summed E-state index contributed by atoms with van der Waals surface area (Å²) < 4.78 is 18.3. The van der Waals surface area contributed by atoms with Crippen molar-refractivity contribution in [1.82, 2.24) is 9.55 Å². The van der Waals surface area contributed by atoms with Gasteiger partial charge in [0.2, 0.25) is 0 Å². The predicted molar refractivity (Wildman–Crippen MR) is 211 cm³/mol. The van der Waals surface area contributed by atoms with Gasteiger partial charge in [-0.1, -0.05) is 24.3 Å². The predicted octanol–water partition coefficient (Wildman–Crippen LogP) is 13.0. The van der Waals surface area contributed by atoms with Gasteiger partial charge in [0.1, 0.15) is 17.0 Å². The molecule has 2 aromatic heterocycles. The molecule has 7 aromatic rings. The number of imidazole rings is 1. The van der Waals surface area contributed by atoms with Gasteiger partial charge in [0.15, 0.2) is 0 Å². The molecular formula is C45H45GeN3O. The molecule has 0 saturated carbocycles. The Hall–Kier alpha value is -4.60. The van der Waals surface area contributed by atoms with Crippen LogP contribution in [-0.4, -0.2) is 22.8 Å². The molecule has 5 aromatic carbocycles. The van der Waals surface area contributed by atoms with Crippen molar-refractivity contribution < 1.29 is 5.79 Å². The monoisotopic (exact) mass is 718 g/mol. The van der Waals surface area contributed by atoms with Gasteiger partial charge in [0.25, 0.3) is 0 Å². The second kappa shape index (κ2) is 12.6. The van der Waals surface area contributed by atoms with Crippen LogP contribution < -0.4 is 0 Å². The maximum absolute atomic E-state index is 9.56. The Labute approximate surface area is 299 Å². The molecule has 0 aliphatic carbocycles. The fourth-order valence-electron chi connectivity index (χ4n) is 7.88. The number of benzene rings is 5. The van der Waals surface area contributed by atoms with Gasteiger partial charge < -0.3 is 4.42 Å². The van der Waals surface area contributed by atoms with Crippen molar-refractivity contribution in [2.45, 2.75) is 80.3 Å². The number of hydrogen-bond acceptors (Lipinski definition) is 3. The van der Waals surface area contributed by atoms with Crippen molar-refractivity contribution in [2.75, 3.05) is 0 Å². The summed E-state index contributed by atoms with van der Waals surface area (Å²) in [5.41, 5.74) is 12.2. The summed E-state index contributed by atoms with van der Waals surface area (Å²) >= 11 is -1.67. The van der Waals surface area contributed by atoms with E-state index in [0.717, 1.165) is 57.2 Å². The Morgan fingerprint density at radius 1 is 0.820 bits per heavy atom. The van der Waals surface area contributed by atoms with Gasteiger partial charge in [-0.05, 0) is 36.4 Å². The van der Waals surface area contributed by atoms with Gasteiger partial charge in [-0.3, -0.25) is 0 Å². The molecule has 3 heterocycles. The zero-order valence-electron chi connectivity index (χ0n) is 31.0. The number of hydrogen-bond donors (Lipinski definition) is 0. The van der Waals surface area contributed by atoms with Crippen LogP contribution in [0.1, 0.15) is 81.9 Å². The van der Waals surface area contributed by atoms with Crippen LogP contribution >= 0.6 is 0 Å². The van der Waals surface area contributed by atoms with Crippen LogP contribution in [0.5, 0.6) is 0 Å². The van der Waals surface area contributed by atoms with E-state index in [1.807, 2.05) is 24.3 Å². The third-order valence-electron chi connectivity index (χ3n) is 10.9. The van der Waals surface area contributed by atoms with E-state index < -0.39 is 19.2 Å². The van der Waals surface area contributed by atoms with Crippen LogP contribution in [0.4, 0.5) is 0 Å². The average molecular weight is 717 g/mol. The quantitative estimate of drug-likeness (QED) is 0.161. The van der Waals surface area contributed by atoms with Gasteiger partial charge >= 0.3 is 169 Å². The molecule has 8 rings (SSSR count). The second-order valence-corrected chi connectivity index (χ2v) is 26.7. The van der Waals surface area contributed by atoms with E-state index in [1.54, 1.807) is 0 Å². The van der Waals surface area contributed by atoms with Crippen molar-refractivity contribution in [2.24, 2.45) is 0 Å². The minimum atomic E-state index is -1.67. The Balaban J connectivity index is 1.31. The molecule has 50 heavy (non-hydrogen) atoms. The van der Waals surface area contributed by atoms with Crippen molar-refractivity contribution in [3.05, 3.63) is 119 Å². The molecule has 1 fully saturated rings. The summed E-state index contributed by atoms with van der Waals surface area (Å²) in [4.78, 5) is 5.30. The van der Waals surface area contributed by atoms with E-state index in [4.69, 9.17) is 9.40 Å². The van der Waals surface area contributed by atoms with Crippen LogP contribution in [0.25, 0.3) is 61.2 Å². The molecule has 0 atom stereocenters. The number of aromatic nitrogens is 2. The second-order valence-electron chi connectivity index (χ2n) is 15.5. The van der Waals surface area contributed by atoms with Crippen molar-refractivity contribution in [3.8, 4) is 34.3 Å². The first-order valence-corrected chi connectivity index (χ1v) is 25.2. The maximum atomic E-state index is 9.56. The Morgan fingerprint density at radius 2 is 1.52 bits per heavy atom. The van der Waals surface area contributed by atoms with Crippen molar-refractivity contribution >= 4 is 46.2 Å². The van der Waals surface area contributed by atoms with Crippen LogP contribution in [0.3, 0.4) is 0 Å². The van der Waals surface area contributed by atoms with E-state index in [0.29, 0.717) is 11.1 Å². The summed E-state index contributed by atoms with van der Waals surface area (Å²) in [6.07, 6.45) is 1.99. The van der Waals surface area contributed by atoms with E-state index in [2.05, 4.69) is 123 Å². The Morgan fingerprint density at radius 3 is 2.20 bits per heavy atom. The molecule has 0 amide bonds. The van der Waals surface area contributed by atoms with Crippen LogP contribution in [0, 0.1) is 11.3 Å². The average Bonchev–Trinajstić information content (AvgIpc) is 3.70. The number of nitriles is 1. The normalized spacial score (nSPS) is 16.0. The molecule has 1 aliphatic heterocycles. The number of fused-ring (bicyclic) bond motifs is 4. The van der Waals surface area contributed by atoms with Crippen LogP contribution in [-0.2, 0) is 0 Å². The number of rotatable bonds is 6. The third kappa shape index (κ3) is 5.66. The third-order valence-corrected chi connectivity index (χ3v) is 17.6. The zero-order valence-corrected chi connectivity index (χ0v) is 32.1. The SMILES string of the molecule is [2H]C1(c2ccc(-c3cc(C(C)C)c(-n4c(-c5cccc6c5oc5cc(C#N)ccc56)nc5ccccc54)c(C(C)C)c3)cc2)C[CH2][Ge]([CH3])([CH3])[CH2]C1. The summed E-state index contributed by atoms with van der Waals surface area (Å²) in [5.74, 6) is 5.89. The molecule has 0 bridgehead atoms. The molecule has 5 heteroatoms. The standard InChI is InChI=1S/C45H45GeN3O/c1-28(2)38-25-34(32-17-15-31(16-18-32)33-20-22-46(5,6)23-21-33)26-39(29(3)4)43(38)49-41-13-8-7-12-40(41)48-45(49)37-11-9-10-36-35-19-14-30(27-47)24-42(35)50-44(36)37/h7-19,24-26,28-29,33H,20-23H2,1-6H3/i33D. The van der Waals surface area contributed by atoms with Gasteiger partial charge in [-0.15, -0.1) is 0 Å². The molecule has 0 N–H and O–H groups in total. The van der Waals surface area contributed by atoms with E-state index >= 15 is 0 Å². The number of furan rings is 1. The topological polar surface area (TPSA) is 54.8 Å². The Bertz CT molecular complexity index is 2460. The first-order valence-electron chi connectivity index (χ1n) is 18.6. The minimum absolute atomic E-state index is 0.241. The van der Waals surface area contributed by atoms with Crippen molar-refractivity contribution in [1.29, 1.82) is 5.26 Å². The molecule has 1 aliphatic rings. The van der Waals surface area contributed by atoms with E-state index in [-0.39, 0.29) is 11.8 Å². The molecule has 250 valence electrons. The van der Waals surface area contributed by atoms with Gasteiger partial charge in [0, 0.05) is 10.8 Å². The Kier molecular flexibility index (Phi) is 7.92. The molecule has 0 spiro atoms. The van der Waals surface area contributed by atoms with Gasteiger partial charge in [-0.25, -0.2) is 4.98 Å². The molecule has 0 unspecified atom stereocenters. The molecule has 1 saturated heterocycles. The molecule has 4 nitrogen and oxygen atoms in total. The first-order chi connectivity index (χ1) is 24.5. The van der Waals surface area contributed by atoms with E-state index in [9.17, 15) is 6.63 Å². The fourth-order valence-corrected chi connectivity index (χ4v) is 12.5. The first kappa shape index (κ1) is 31.4. The van der Waals surface area contributed by atoms with Crippen molar-refractivity contribution in [3.63, 3.8) is 0 Å².